The first-order chi connectivity index (χ1) is 13.4. The number of benzene rings is 1. The SMILES string of the molecule is COc1ccc2c(c1)OC1(CCN(C(=O)C3CC(=O)N(C)C3)CC1)CNC2=O. The summed E-state index contributed by atoms with van der Waals surface area (Å²) in [6.45, 7) is 1.97. The van der Waals surface area contributed by atoms with E-state index in [1.165, 1.54) is 0 Å². The topological polar surface area (TPSA) is 88.2 Å². The zero-order valence-electron chi connectivity index (χ0n) is 16.2. The third-order valence-electron chi connectivity index (χ3n) is 6.01. The van der Waals surface area contributed by atoms with Crippen LogP contribution in [0, 0.1) is 5.92 Å². The fraction of sp³-hybridized carbons (Fsp3) is 0.550. The van der Waals surface area contributed by atoms with Gasteiger partial charge in [-0.3, -0.25) is 14.4 Å². The quantitative estimate of drug-likeness (QED) is 0.805. The van der Waals surface area contributed by atoms with Crippen LogP contribution < -0.4 is 14.8 Å². The molecule has 4 rings (SSSR count). The molecule has 0 bridgehead atoms. The van der Waals surface area contributed by atoms with Gasteiger partial charge in [-0.1, -0.05) is 0 Å². The van der Waals surface area contributed by atoms with Crippen LogP contribution in [0.15, 0.2) is 18.2 Å². The average molecular weight is 387 g/mol. The lowest BCUT2D eigenvalue weighted by Crippen LogP contribution is -2.55. The van der Waals surface area contributed by atoms with E-state index in [0.717, 1.165) is 0 Å². The highest BCUT2D eigenvalue weighted by molar-refractivity contribution is 5.97. The molecule has 0 saturated carbocycles. The highest BCUT2D eigenvalue weighted by Crippen LogP contribution is 2.35. The molecule has 8 nitrogen and oxygen atoms in total. The number of nitrogens with one attached hydrogen (secondary N) is 1. The van der Waals surface area contributed by atoms with Crippen molar-refractivity contribution < 1.29 is 23.9 Å². The molecule has 3 amide bonds. The smallest absolute Gasteiger partial charge is 0.255 e. The summed E-state index contributed by atoms with van der Waals surface area (Å²) in [6.07, 6.45) is 1.52. The van der Waals surface area contributed by atoms with Crippen molar-refractivity contribution in [2.75, 3.05) is 40.3 Å². The van der Waals surface area contributed by atoms with Crippen molar-refractivity contribution in [3.05, 3.63) is 23.8 Å². The summed E-state index contributed by atoms with van der Waals surface area (Å²) in [4.78, 5) is 40.4. The van der Waals surface area contributed by atoms with Crippen LogP contribution >= 0.6 is 0 Å². The van der Waals surface area contributed by atoms with Crippen molar-refractivity contribution in [3.63, 3.8) is 0 Å². The zero-order chi connectivity index (χ0) is 19.9. The summed E-state index contributed by atoms with van der Waals surface area (Å²) in [5, 5.41) is 2.95. The van der Waals surface area contributed by atoms with Gasteiger partial charge in [0, 0.05) is 52.0 Å². The van der Waals surface area contributed by atoms with Crippen LogP contribution in [0.1, 0.15) is 29.6 Å². The van der Waals surface area contributed by atoms with Crippen molar-refractivity contribution in [2.24, 2.45) is 5.92 Å². The van der Waals surface area contributed by atoms with E-state index in [4.69, 9.17) is 9.47 Å². The van der Waals surface area contributed by atoms with Crippen LogP contribution in [-0.4, -0.2) is 73.5 Å². The summed E-state index contributed by atoms with van der Waals surface area (Å²) >= 11 is 0. The number of rotatable bonds is 2. The maximum absolute atomic E-state index is 12.8. The first-order valence-electron chi connectivity index (χ1n) is 9.59. The molecule has 1 aromatic rings. The van der Waals surface area contributed by atoms with Crippen LogP contribution in [-0.2, 0) is 9.59 Å². The number of piperidine rings is 1. The van der Waals surface area contributed by atoms with Crippen molar-refractivity contribution in [1.82, 2.24) is 15.1 Å². The van der Waals surface area contributed by atoms with E-state index in [1.54, 1.807) is 37.3 Å². The first-order valence-corrected chi connectivity index (χ1v) is 9.59. The largest absolute Gasteiger partial charge is 0.497 e. The summed E-state index contributed by atoms with van der Waals surface area (Å²) in [5.41, 5.74) is -0.0597. The lowest BCUT2D eigenvalue weighted by Gasteiger charge is -2.41. The maximum atomic E-state index is 12.8. The molecule has 28 heavy (non-hydrogen) atoms. The van der Waals surface area contributed by atoms with Gasteiger partial charge < -0.3 is 24.6 Å². The number of hydrogen-bond acceptors (Lipinski definition) is 5. The third-order valence-corrected chi connectivity index (χ3v) is 6.01. The van der Waals surface area contributed by atoms with E-state index in [-0.39, 0.29) is 30.1 Å². The van der Waals surface area contributed by atoms with Crippen LogP contribution in [0.2, 0.25) is 0 Å². The number of fused-ring (bicyclic) bond motifs is 1. The van der Waals surface area contributed by atoms with Gasteiger partial charge in [0.15, 0.2) is 0 Å². The van der Waals surface area contributed by atoms with Crippen LogP contribution in [0.4, 0.5) is 0 Å². The molecule has 3 heterocycles. The summed E-state index contributed by atoms with van der Waals surface area (Å²) in [7, 11) is 3.30. The molecule has 1 aromatic carbocycles. The Bertz CT molecular complexity index is 816. The minimum Gasteiger partial charge on any atom is -0.497 e. The molecule has 8 heteroatoms. The second kappa shape index (κ2) is 7.00. The van der Waals surface area contributed by atoms with E-state index in [1.807, 2.05) is 4.90 Å². The second-order valence-corrected chi connectivity index (χ2v) is 7.83. The van der Waals surface area contributed by atoms with E-state index in [2.05, 4.69) is 5.32 Å². The first kappa shape index (κ1) is 18.6. The van der Waals surface area contributed by atoms with Gasteiger partial charge in [-0.15, -0.1) is 0 Å². The Morgan fingerprint density at radius 1 is 1.29 bits per heavy atom. The Morgan fingerprint density at radius 3 is 2.68 bits per heavy atom. The molecule has 0 aromatic heterocycles. The molecule has 2 fully saturated rings. The summed E-state index contributed by atoms with van der Waals surface area (Å²) in [6, 6.07) is 5.18. The molecule has 3 aliphatic heterocycles. The van der Waals surface area contributed by atoms with Crippen molar-refractivity contribution in [2.45, 2.75) is 24.9 Å². The highest BCUT2D eigenvalue weighted by atomic mass is 16.5. The van der Waals surface area contributed by atoms with Crippen molar-refractivity contribution >= 4 is 17.7 Å². The van der Waals surface area contributed by atoms with Gasteiger partial charge >= 0.3 is 0 Å². The molecule has 0 radical (unpaired) electrons. The van der Waals surface area contributed by atoms with E-state index >= 15 is 0 Å². The molecule has 0 aliphatic carbocycles. The molecule has 1 atom stereocenters. The summed E-state index contributed by atoms with van der Waals surface area (Å²) in [5.74, 6) is 0.773. The van der Waals surface area contributed by atoms with E-state index in [9.17, 15) is 14.4 Å². The van der Waals surface area contributed by atoms with E-state index < -0.39 is 5.60 Å². The predicted molar refractivity (Wildman–Crippen MR) is 100 cm³/mol. The Morgan fingerprint density at radius 2 is 2.04 bits per heavy atom. The molecule has 1 spiro atoms. The third kappa shape index (κ3) is 3.27. The number of nitrogens with zero attached hydrogens (tertiary/aromatic N) is 2. The minimum atomic E-state index is -0.549. The second-order valence-electron chi connectivity index (χ2n) is 7.83. The predicted octanol–water partition coefficient (Wildman–Crippen LogP) is 0.657. The monoisotopic (exact) mass is 387 g/mol. The van der Waals surface area contributed by atoms with Gasteiger partial charge in [-0.2, -0.15) is 0 Å². The number of amides is 3. The van der Waals surface area contributed by atoms with Gasteiger partial charge in [-0.05, 0) is 12.1 Å². The van der Waals surface area contributed by atoms with Crippen LogP contribution in [0.3, 0.4) is 0 Å². The molecule has 2 saturated heterocycles. The minimum absolute atomic E-state index is 0.0206. The van der Waals surface area contributed by atoms with Gasteiger partial charge in [0.25, 0.3) is 5.91 Å². The number of carbonyl (C=O) groups excluding carboxylic acids is 3. The molecule has 150 valence electrons. The Kier molecular flexibility index (Phi) is 4.64. The summed E-state index contributed by atoms with van der Waals surface area (Å²) < 4.78 is 11.6. The molecule has 1 unspecified atom stereocenters. The number of likely N-dealkylation sites (tertiary alicyclic amines) is 2. The van der Waals surface area contributed by atoms with Crippen LogP contribution in [0.25, 0.3) is 0 Å². The molecule has 1 N–H and O–H groups in total. The van der Waals surface area contributed by atoms with Gasteiger partial charge in [-0.25, -0.2) is 0 Å². The molecule has 3 aliphatic rings. The zero-order valence-corrected chi connectivity index (χ0v) is 16.2. The Balaban J connectivity index is 1.46. The number of carbonyl (C=O) groups is 3. The fourth-order valence-electron chi connectivity index (χ4n) is 4.21. The van der Waals surface area contributed by atoms with Crippen molar-refractivity contribution in [3.8, 4) is 11.5 Å². The van der Waals surface area contributed by atoms with E-state index in [0.29, 0.717) is 56.1 Å². The fourth-order valence-corrected chi connectivity index (χ4v) is 4.21. The molecular formula is C20H25N3O5. The van der Waals surface area contributed by atoms with Gasteiger partial charge in [0.1, 0.15) is 17.1 Å². The normalized spacial score (nSPS) is 23.7. The highest BCUT2D eigenvalue weighted by Gasteiger charge is 2.43. The number of hydrogen-bond donors (Lipinski definition) is 1. The van der Waals surface area contributed by atoms with Crippen LogP contribution in [0.5, 0.6) is 11.5 Å². The van der Waals surface area contributed by atoms with Gasteiger partial charge in [0.2, 0.25) is 11.8 Å². The Hall–Kier alpha value is -2.77. The number of methoxy groups -OCH3 is 1. The van der Waals surface area contributed by atoms with Crippen molar-refractivity contribution in [1.29, 1.82) is 0 Å². The van der Waals surface area contributed by atoms with Gasteiger partial charge in [0.05, 0.1) is 25.1 Å². The maximum Gasteiger partial charge on any atom is 0.255 e. The Labute approximate surface area is 163 Å². The lowest BCUT2D eigenvalue weighted by atomic mass is 9.90. The standard InChI is InChI=1S/C20H25N3O5/c1-22-11-13(9-17(22)24)19(26)23-7-5-20(6-8-23)12-21-18(25)15-4-3-14(27-2)10-16(15)28-20/h3-4,10,13H,5-9,11-12H2,1-2H3,(H,21,25). The average Bonchev–Trinajstić information content (AvgIpc) is 2.97. The lowest BCUT2D eigenvalue weighted by molar-refractivity contribution is -0.139. The molecular weight excluding hydrogens is 362 g/mol. The number of ether oxygens (including phenoxy) is 2.